The van der Waals surface area contributed by atoms with Crippen molar-refractivity contribution in [3.05, 3.63) is 0 Å². The first kappa shape index (κ1) is 11.5. The topological polar surface area (TPSA) is 66.8 Å². The highest BCUT2D eigenvalue weighted by Gasteiger charge is 2.14. The number of carbonyl (C=O) groups excluding carboxylic acids is 1. The van der Waals surface area contributed by atoms with Crippen LogP contribution in [0, 0.1) is 12.3 Å². The van der Waals surface area contributed by atoms with E-state index in [9.17, 15) is 9.59 Å². The first-order valence-corrected chi connectivity index (χ1v) is 3.53. The third kappa shape index (κ3) is 4.82. The number of carboxylic acid groups (broad SMARTS) is 1. The highest BCUT2D eigenvalue weighted by molar-refractivity contribution is 5.82. The van der Waals surface area contributed by atoms with Crippen LogP contribution < -0.4 is 0 Å². The van der Waals surface area contributed by atoms with Crippen LogP contribution in [0.3, 0.4) is 0 Å². The van der Waals surface area contributed by atoms with Gasteiger partial charge in [0.1, 0.15) is 13.2 Å². The Hall–Kier alpha value is -1.54. The normalized spacial score (nSPS) is 8.92. The molecule has 0 saturated heterocycles. The Bertz CT molecular complexity index is 231. The average molecular weight is 185 g/mol. The summed E-state index contributed by atoms with van der Waals surface area (Å²) in [6.07, 6.45) is 4.96. The Balaban J connectivity index is 4.16. The number of carboxylic acids is 1. The molecule has 0 aromatic rings. The van der Waals surface area contributed by atoms with Crippen LogP contribution in [0.1, 0.15) is 0 Å². The molecule has 0 bridgehead atoms. The fourth-order valence-corrected chi connectivity index (χ4v) is 0.720. The van der Waals surface area contributed by atoms with Crippen molar-refractivity contribution in [3.8, 4) is 12.3 Å². The number of terminal acetylenes is 1. The number of ether oxygens (including phenoxy) is 1. The van der Waals surface area contributed by atoms with Gasteiger partial charge in [-0.05, 0) is 0 Å². The molecule has 72 valence electrons. The summed E-state index contributed by atoms with van der Waals surface area (Å²) in [5.74, 6) is 0.673. The lowest BCUT2D eigenvalue weighted by Gasteiger charge is -2.16. The fraction of sp³-hybridized carbons (Fsp3) is 0.500. The number of methoxy groups -OCH3 is 1. The van der Waals surface area contributed by atoms with Gasteiger partial charge in [0, 0.05) is 7.11 Å². The van der Waals surface area contributed by atoms with Crippen LogP contribution in [-0.2, 0) is 14.3 Å². The average Bonchev–Trinajstić information content (AvgIpc) is 2.03. The van der Waals surface area contributed by atoms with Crippen LogP contribution in [0.5, 0.6) is 0 Å². The van der Waals surface area contributed by atoms with Crippen LogP contribution in [0.15, 0.2) is 0 Å². The molecule has 0 aromatic heterocycles. The molecule has 5 nitrogen and oxygen atoms in total. The molecular weight excluding hydrogens is 174 g/mol. The Morgan fingerprint density at radius 2 is 2.23 bits per heavy atom. The van der Waals surface area contributed by atoms with E-state index in [4.69, 9.17) is 11.5 Å². The molecule has 0 atom stereocenters. The first-order chi connectivity index (χ1) is 6.11. The molecule has 5 heteroatoms. The van der Waals surface area contributed by atoms with Crippen LogP contribution in [0.25, 0.3) is 0 Å². The van der Waals surface area contributed by atoms with E-state index >= 15 is 0 Å². The minimum Gasteiger partial charge on any atom is -0.480 e. The second-order valence-electron chi connectivity index (χ2n) is 2.28. The first-order valence-electron chi connectivity index (χ1n) is 3.53. The van der Waals surface area contributed by atoms with E-state index in [0.717, 1.165) is 4.90 Å². The number of rotatable bonds is 5. The minimum absolute atomic E-state index is 0.0194. The smallest absolute Gasteiger partial charge is 0.323 e. The molecule has 0 spiro atoms. The number of nitrogens with zero attached hydrogens (tertiary/aromatic N) is 1. The van der Waals surface area contributed by atoms with Gasteiger partial charge in [-0.15, -0.1) is 6.42 Å². The monoisotopic (exact) mass is 185 g/mol. The molecule has 0 unspecified atom stereocenters. The summed E-state index contributed by atoms with van der Waals surface area (Å²) in [5.41, 5.74) is 0. The predicted molar refractivity (Wildman–Crippen MR) is 44.9 cm³/mol. The van der Waals surface area contributed by atoms with E-state index in [1.165, 1.54) is 7.11 Å². The quantitative estimate of drug-likeness (QED) is 0.568. The summed E-state index contributed by atoms with van der Waals surface area (Å²) in [4.78, 5) is 22.4. The number of amides is 1. The summed E-state index contributed by atoms with van der Waals surface area (Å²) in [6, 6.07) is 0. The van der Waals surface area contributed by atoms with Gasteiger partial charge in [0.15, 0.2) is 0 Å². The van der Waals surface area contributed by atoms with Crippen molar-refractivity contribution in [1.29, 1.82) is 0 Å². The van der Waals surface area contributed by atoms with Gasteiger partial charge in [-0.1, -0.05) is 5.92 Å². The Kier molecular flexibility index (Phi) is 5.32. The maximum atomic E-state index is 11.1. The van der Waals surface area contributed by atoms with E-state index in [0.29, 0.717) is 0 Å². The molecule has 0 fully saturated rings. The maximum Gasteiger partial charge on any atom is 0.323 e. The van der Waals surface area contributed by atoms with Gasteiger partial charge < -0.3 is 14.7 Å². The van der Waals surface area contributed by atoms with Gasteiger partial charge in [-0.3, -0.25) is 9.59 Å². The lowest BCUT2D eigenvalue weighted by atomic mass is 10.4. The van der Waals surface area contributed by atoms with Crippen molar-refractivity contribution in [1.82, 2.24) is 4.90 Å². The van der Waals surface area contributed by atoms with Crippen molar-refractivity contribution in [2.75, 3.05) is 26.8 Å². The Morgan fingerprint density at radius 3 is 2.62 bits per heavy atom. The summed E-state index contributed by atoms with van der Waals surface area (Å²) in [6.45, 7) is -0.574. The lowest BCUT2D eigenvalue weighted by Crippen LogP contribution is -2.38. The SMILES string of the molecule is C#CCN(CC(=O)O)C(=O)COC. The van der Waals surface area contributed by atoms with Crippen LogP contribution in [0.2, 0.25) is 0 Å². The van der Waals surface area contributed by atoms with Gasteiger partial charge >= 0.3 is 5.97 Å². The van der Waals surface area contributed by atoms with Crippen molar-refractivity contribution in [3.63, 3.8) is 0 Å². The summed E-state index contributed by atoms with van der Waals surface area (Å²) >= 11 is 0. The minimum atomic E-state index is -1.10. The van der Waals surface area contributed by atoms with Crippen molar-refractivity contribution >= 4 is 11.9 Å². The van der Waals surface area contributed by atoms with E-state index in [2.05, 4.69) is 10.7 Å². The summed E-state index contributed by atoms with van der Waals surface area (Å²) < 4.78 is 4.56. The number of carbonyl (C=O) groups is 2. The zero-order chi connectivity index (χ0) is 10.3. The van der Waals surface area contributed by atoms with E-state index in [-0.39, 0.29) is 13.2 Å². The van der Waals surface area contributed by atoms with Gasteiger partial charge in [0.25, 0.3) is 0 Å². The fourth-order valence-electron chi connectivity index (χ4n) is 0.720. The van der Waals surface area contributed by atoms with Gasteiger partial charge in [0.2, 0.25) is 5.91 Å². The standard InChI is InChI=1S/C8H11NO4/c1-3-4-9(5-8(11)12)7(10)6-13-2/h1H,4-6H2,2H3,(H,11,12). The molecule has 0 aliphatic rings. The second-order valence-corrected chi connectivity index (χ2v) is 2.28. The molecule has 1 amide bonds. The summed E-state index contributed by atoms with van der Waals surface area (Å²) in [5, 5.41) is 8.42. The van der Waals surface area contributed by atoms with Gasteiger partial charge in [-0.2, -0.15) is 0 Å². The molecule has 0 heterocycles. The third-order valence-corrected chi connectivity index (χ3v) is 1.23. The van der Waals surface area contributed by atoms with Gasteiger partial charge in [0.05, 0.1) is 6.54 Å². The highest BCUT2D eigenvalue weighted by Crippen LogP contribution is 1.89. The van der Waals surface area contributed by atoms with Crippen molar-refractivity contribution < 1.29 is 19.4 Å². The van der Waals surface area contributed by atoms with Crippen LogP contribution in [-0.4, -0.2) is 48.7 Å². The number of aliphatic carboxylic acids is 1. The molecular formula is C8H11NO4. The molecule has 0 aliphatic carbocycles. The predicted octanol–water partition coefficient (Wildman–Crippen LogP) is -0.821. The van der Waals surface area contributed by atoms with Crippen molar-refractivity contribution in [2.24, 2.45) is 0 Å². The molecule has 0 radical (unpaired) electrons. The molecule has 0 aromatic carbocycles. The lowest BCUT2D eigenvalue weighted by molar-refractivity contribution is -0.145. The summed E-state index contributed by atoms with van der Waals surface area (Å²) in [7, 11) is 1.35. The zero-order valence-corrected chi connectivity index (χ0v) is 7.32. The van der Waals surface area contributed by atoms with E-state index < -0.39 is 18.4 Å². The second kappa shape index (κ2) is 6.03. The van der Waals surface area contributed by atoms with Gasteiger partial charge in [-0.25, -0.2) is 0 Å². The third-order valence-electron chi connectivity index (χ3n) is 1.23. The molecule has 0 rings (SSSR count). The molecule has 0 saturated carbocycles. The van der Waals surface area contributed by atoms with E-state index in [1.54, 1.807) is 0 Å². The van der Waals surface area contributed by atoms with E-state index in [1.807, 2.05) is 0 Å². The molecule has 13 heavy (non-hydrogen) atoms. The van der Waals surface area contributed by atoms with Crippen LogP contribution in [0.4, 0.5) is 0 Å². The highest BCUT2D eigenvalue weighted by atomic mass is 16.5. The Labute approximate surface area is 76.3 Å². The van der Waals surface area contributed by atoms with Crippen molar-refractivity contribution in [2.45, 2.75) is 0 Å². The largest absolute Gasteiger partial charge is 0.480 e. The molecule has 0 aliphatic heterocycles. The Morgan fingerprint density at radius 1 is 1.62 bits per heavy atom. The molecule has 1 N–H and O–H groups in total. The maximum absolute atomic E-state index is 11.1. The number of hydrogen-bond donors (Lipinski definition) is 1. The number of hydrogen-bond acceptors (Lipinski definition) is 3. The van der Waals surface area contributed by atoms with Crippen LogP contribution >= 0.6 is 0 Å². The zero-order valence-electron chi connectivity index (χ0n) is 7.32.